The number of morpholine rings is 1. The predicted octanol–water partition coefficient (Wildman–Crippen LogP) is 0.995. The molecule has 7 nitrogen and oxygen atoms in total. The van der Waals surface area contributed by atoms with E-state index >= 15 is 0 Å². The SMILES string of the molecule is CC(C)Oc1ccc(CN=C(N)NCCCN2CCOCC2)cn1. The van der Waals surface area contributed by atoms with Crippen molar-refractivity contribution in [3.05, 3.63) is 23.9 Å². The van der Waals surface area contributed by atoms with Gasteiger partial charge in [-0.05, 0) is 32.4 Å². The van der Waals surface area contributed by atoms with Crippen LogP contribution in [0.15, 0.2) is 23.3 Å². The summed E-state index contributed by atoms with van der Waals surface area (Å²) in [5.41, 5.74) is 6.90. The van der Waals surface area contributed by atoms with Gasteiger partial charge in [0.05, 0.1) is 25.9 Å². The van der Waals surface area contributed by atoms with Crippen molar-refractivity contribution < 1.29 is 9.47 Å². The van der Waals surface area contributed by atoms with Gasteiger partial charge in [-0.25, -0.2) is 9.98 Å². The molecule has 0 bridgehead atoms. The zero-order chi connectivity index (χ0) is 17.2. The van der Waals surface area contributed by atoms with E-state index < -0.39 is 0 Å². The highest BCUT2D eigenvalue weighted by atomic mass is 16.5. The Hall–Kier alpha value is -1.86. The summed E-state index contributed by atoms with van der Waals surface area (Å²) in [5.74, 6) is 1.10. The van der Waals surface area contributed by atoms with Crippen LogP contribution >= 0.6 is 0 Å². The number of nitrogens with one attached hydrogen (secondary N) is 1. The molecule has 1 fully saturated rings. The molecule has 0 amide bonds. The van der Waals surface area contributed by atoms with E-state index in [0.29, 0.717) is 18.4 Å². The summed E-state index contributed by atoms with van der Waals surface area (Å²) in [4.78, 5) is 11.0. The molecule has 1 aliphatic heterocycles. The molecule has 1 aliphatic rings. The molecule has 0 aromatic carbocycles. The van der Waals surface area contributed by atoms with Crippen molar-refractivity contribution in [1.82, 2.24) is 15.2 Å². The van der Waals surface area contributed by atoms with Crippen LogP contribution in [0.5, 0.6) is 5.88 Å². The van der Waals surface area contributed by atoms with Gasteiger partial charge in [0.2, 0.25) is 5.88 Å². The van der Waals surface area contributed by atoms with Crippen molar-refractivity contribution in [2.24, 2.45) is 10.7 Å². The summed E-state index contributed by atoms with van der Waals surface area (Å²) < 4.78 is 10.8. The third-order valence-corrected chi connectivity index (χ3v) is 3.65. The lowest BCUT2D eigenvalue weighted by molar-refractivity contribution is 0.0376. The van der Waals surface area contributed by atoms with Crippen LogP contribution in [0.25, 0.3) is 0 Å². The second kappa shape index (κ2) is 10.1. The zero-order valence-corrected chi connectivity index (χ0v) is 14.7. The monoisotopic (exact) mass is 335 g/mol. The van der Waals surface area contributed by atoms with Crippen molar-refractivity contribution in [3.8, 4) is 5.88 Å². The Balaban J connectivity index is 1.63. The Labute approximate surface area is 144 Å². The fourth-order valence-corrected chi connectivity index (χ4v) is 2.39. The quantitative estimate of drug-likeness (QED) is 0.419. The largest absolute Gasteiger partial charge is 0.475 e. The average Bonchev–Trinajstić information content (AvgIpc) is 2.58. The Morgan fingerprint density at radius 3 is 2.88 bits per heavy atom. The summed E-state index contributed by atoms with van der Waals surface area (Å²) in [7, 11) is 0. The highest BCUT2D eigenvalue weighted by Gasteiger charge is 2.09. The molecular formula is C17H29N5O2. The summed E-state index contributed by atoms with van der Waals surface area (Å²) in [6.45, 7) is 10.1. The van der Waals surface area contributed by atoms with Gasteiger partial charge in [0.15, 0.2) is 5.96 Å². The zero-order valence-electron chi connectivity index (χ0n) is 14.7. The van der Waals surface area contributed by atoms with E-state index in [9.17, 15) is 0 Å². The molecule has 0 unspecified atom stereocenters. The Morgan fingerprint density at radius 1 is 1.42 bits per heavy atom. The summed E-state index contributed by atoms with van der Waals surface area (Å²) in [5, 5.41) is 3.15. The fraction of sp³-hybridized carbons (Fsp3) is 0.647. The van der Waals surface area contributed by atoms with Gasteiger partial charge in [0.1, 0.15) is 0 Å². The molecule has 0 atom stereocenters. The van der Waals surface area contributed by atoms with Crippen LogP contribution in [-0.2, 0) is 11.3 Å². The smallest absolute Gasteiger partial charge is 0.213 e. The highest BCUT2D eigenvalue weighted by Crippen LogP contribution is 2.10. The van der Waals surface area contributed by atoms with Crippen molar-refractivity contribution in [2.75, 3.05) is 39.4 Å². The van der Waals surface area contributed by atoms with Gasteiger partial charge in [-0.3, -0.25) is 4.90 Å². The molecule has 2 rings (SSSR count). The summed E-state index contributed by atoms with van der Waals surface area (Å²) >= 11 is 0. The van der Waals surface area contributed by atoms with E-state index in [2.05, 4.69) is 20.2 Å². The number of pyridine rings is 1. The molecule has 0 spiro atoms. The van der Waals surface area contributed by atoms with Crippen molar-refractivity contribution >= 4 is 5.96 Å². The molecule has 7 heteroatoms. The molecule has 1 aromatic heterocycles. The first-order valence-electron chi connectivity index (χ1n) is 8.59. The molecule has 24 heavy (non-hydrogen) atoms. The lowest BCUT2D eigenvalue weighted by Gasteiger charge is -2.26. The van der Waals surface area contributed by atoms with Gasteiger partial charge in [-0.15, -0.1) is 0 Å². The van der Waals surface area contributed by atoms with Gasteiger partial charge >= 0.3 is 0 Å². The van der Waals surface area contributed by atoms with Crippen LogP contribution in [0.2, 0.25) is 0 Å². The lowest BCUT2D eigenvalue weighted by Crippen LogP contribution is -2.39. The van der Waals surface area contributed by atoms with Gasteiger partial charge in [0, 0.05) is 31.9 Å². The van der Waals surface area contributed by atoms with Crippen LogP contribution in [0, 0.1) is 0 Å². The maximum absolute atomic E-state index is 5.90. The molecule has 134 valence electrons. The molecular weight excluding hydrogens is 306 g/mol. The number of nitrogens with zero attached hydrogens (tertiary/aromatic N) is 3. The van der Waals surface area contributed by atoms with Crippen LogP contribution in [0.3, 0.4) is 0 Å². The Bertz CT molecular complexity index is 498. The van der Waals surface area contributed by atoms with E-state index in [0.717, 1.165) is 51.4 Å². The predicted molar refractivity (Wildman–Crippen MR) is 95.2 cm³/mol. The van der Waals surface area contributed by atoms with Crippen molar-refractivity contribution in [1.29, 1.82) is 0 Å². The number of nitrogens with two attached hydrogens (primary N) is 1. The van der Waals surface area contributed by atoms with Gasteiger partial charge < -0.3 is 20.5 Å². The number of rotatable bonds is 8. The first-order chi connectivity index (χ1) is 11.6. The first-order valence-corrected chi connectivity index (χ1v) is 8.59. The maximum atomic E-state index is 5.90. The minimum Gasteiger partial charge on any atom is -0.475 e. The van der Waals surface area contributed by atoms with E-state index in [-0.39, 0.29) is 6.10 Å². The van der Waals surface area contributed by atoms with E-state index in [4.69, 9.17) is 15.2 Å². The minimum absolute atomic E-state index is 0.124. The van der Waals surface area contributed by atoms with Crippen LogP contribution in [0.4, 0.5) is 0 Å². The molecule has 0 radical (unpaired) electrons. The van der Waals surface area contributed by atoms with Crippen LogP contribution in [-0.4, -0.2) is 61.3 Å². The number of ether oxygens (including phenoxy) is 2. The van der Waals surface area contributed by atoms with E-state index in [1.54, 1.807) is 6.20 Å². The Morgan fingerprint density at radius 2 is 2.21 bits per heavy atom. The summed E-state index contributed by atoms with van der Waals surface area (Å²) in [6.07, 6.45) is 2.94. The second-order valence-corrected chi connectivity index (χ2v) is 6.11. The van der Waals surface area contributed by atoms with Crippen LogP contribution in [0.1, 0.15) is 25.8 Å². The van der Waals surface area contributed by atoms with Crippen molar-refractivity contribution in [2.45, 2.75) is 32.9 Å². The third-order valence-electron chi connectivity index (χ3n) is 3.65. The van der Waals surface area contributed by atoms with E-state index in [1.165, 1.54) is 0 Å². The number of aromatic nitrogens is 1. The van der Waals surface area contributed by atoms with Gasteiger partial charge in [-0.1, -0.05) is 6.07 Å². The Kier molecular flexibility index (Phi) is 7.77. The molecule has 2 heterocycles. The fourth-order valence-electron chi connectivity index (χ4n) is 2.39. The number of aliphatic imine (C=N–C) groups is 1. The van der Waals surface area contributed by atoms with Crippen LogP contribution < -0.4 is 15.8 Å². The number of hydrogen-bond donors (Lipinski definition) is 2. The van der Waals surface area contributed by atoms with Gasteiger partial charge in [-0.2, -0.15) is 0 Å². The lowest BCUT2D eigenvalue weighted by atomic mass is 10.3. The molecule has 3 N–H and O–H groups in total. The first kappa shape index (κ1) is 18.5. The molecule has 0 saturated carbocycles. The number of hydrogen-bond acceptors (Lipinski definition) is 5. The van der Waals surface area contributed by atoms with Gasteiger partial charge in [0.25, 0.3) is 0 Å². The minimum atomic E-state index is 0.124. The van der Waals surface area contributed by atoms with E-state index in [1.807, 2.05) is 26.0 Å². The molecule has 1 saturated heterocycles. The highest BCUT2D eigenvalue weighted by molar-refractivity contribution is 5.77. The number of guanidine groups is 1. The normalized spacial score (nSPS) is 16.4. The molecule has 1 aromatic rings. The summed E-state index contributed by atoms with van der Waals surface area (Å²) in [6, 6.07) is 3.82. The average molecular weight is 335 g/mol. The maximum Gasteiger partial charge on any atom is 0.213 e. The molecule has 0 aliphatic carbocycles. The topological polar surface area (TPSA) is 85.0 Å². The van der Waals surface area contributed by atoms with Crippen molar-refractivity contribution in [3.63, 3.8) is 0 Å². The second-order valence-electron chi connectivity index (χ2n) is 6.11. The third kappa shape index (κ3) is 7.14. The standard InChI is InChI=1S/C17H29N5O2/c1-14(2)24-16-5-4-15(12-20-16)13-21-17(18)19-6-3-7-22-8-10-23-11-9-22/h4-5,12,14H,3,6-11,13H2,1-2H3,(H3,18,19,21).